The number of carbonyl (C=O) groups excluding carboxylic acids is 1. The number of rotatable bonds is 1. The number of carbonyl (C=O) groups is 1. The Morgan fingerprint density at radius 3 is 2.47 bits per heavy atom. The number of benzene rings is 1. The molecule has 1 atom stereocenters. The molecule has 0 spiro atoms. The third-order valence-corrected chi connectivity index (χ3v) is 4.35. The number of thiocarbonyl (C=S) groups is 1. The number of halogens is 2. The van der Waals surface area contributed by atoms with Crippen LogP contribution in [0.5, 0.6) is 0 Å². The van der Waals surface area contributed by atoms with Gasteiger partial charge in [0.2, 0.25) is 0 Å². The average molecular weight is 323 g/mol. The second kappa shape index (κ2) is 4.41. The van der Waals surface area contributed by atoms with E-state index in [1.54, 1.807) is 24.3 Å². The smallest absolute Gasteiger partial charge is 0.256 e. The molecule has 0 bridgehead atoms. The van der Waals surface area contributed by atoms with Crippen molar-refractivity contribution < 1.29 is 4.79 Å². The third kappa shape index (κ3) is 2.20. The van der Waals surface area contributed by atoms with E-state index in [1.807, 2.05) is 0 Å². The molecular formula is C9H5BrClNOS2. The molecule has 1 aliphatic heterocycles. The molecule has 1 saturated heterocycles. The lowest BCUT2D eigenvalue weighted by molar-refractivity contribution is -0.115. The minimum Gasteiger partial charge on any atom is -0.272 e. The van der Waals surface area contributed by atoms with Gasteiger partial charge in [-0.3, -0.25) is 9.69 Å². The van der Waals surface area contributed by atoms with Crippen molar-refractivity contribution in [3.05, 3.63) is 29.3 Å². The highest BCUT2D eigenvalue weighted by Crippen LogP contribution is 2.35. The van der Waals surface area contributed by atoms with Gasteiger partial charge >= 0.3 is 0 Å². The fourth-order valence-corrected chi connectivity index (χ4v) is 3.61. The van der Waals surface area contributed by atoms with Crippen molar-refractivity contribution in [3.8, 4) is 0 Å². The standard InChI is InChI=1S/C9H5BrClNOS2/c10-7-8(13)12(9(14)15-7)6-3-1-5(11)2-4-6/h1-4,7H/t7-/m1/s1. The van der Waals surface area contributed by atoms with Crippen LogP contribution in [0.25, 0.3) is 0 Å². The van der Waals surface area contributed by atoms with E-state index in [-0.39, 0.29) is 10.1 Å². The minimum atomic E-state index is -0.277. The largest absolute Gasteiger partial charge is 0.272 e. The topological polar surface area (TPSA) is 20.3 Å². The maximum Gasteiger partial charge on any atom is 0.256 e. The number of hydrogen-bond acceptors (Lipinski definition) is 3. The highest BCUT2D eigenvalue weighted by molar-refractivity contribution is 9.12. The molecule has 1 aromatic rings. The number of thioether (sulfide) groups is 1. The van der Waals surface area contributed by atoms with Gasteiger partial charge < -0.3 is 0 Å². The number of alkyl halides is 1. The molecule has 2 rings (SSSR count). The monoisotopic (exact) mass is 321 g/mol. The Hall–Kier alpha value is -0.100. The van der Waals surface area contributed by atoms with Crippen molar-refractivity contribution in [1.82, 2.24) is 0 Å². The van der Waals surface area contributed by atoms with Gasteiger partial charge in [-0.05, 0) is 24.3 Å². The van der Waals surface area contributed by atoms with Gasteiger partial charge in [0, 0.05) is 5.02 Å². The summed E-state index contributed by atoms with van der Waals surface area (Å²) in [6.07, 6.45) is 0. The van der Waals surface area contributed by atoms with Crippen molar-refractivity contribution in [2.45, 2.75) is 4.16 Å². The Balaban J connectivity index is 2.35. The summed E-state index contributed by atoms with van der Waals surface area (Å²) in [6, 6.07) is 7.02. The highest BCUT2D eigenvalue weighted by atomic mass is 79.9. The zero-order valence-electron chi connectivity index (χ0n) is 7.31. The summed E-state index contributed by atoms with van der Waals surface area (Å²) >= 11 is 15.5. The molecule has 15 heavy (non-hydrogen) atoms. The maximum absolute atomic E-state index is 11.7. The molecule has 1 aromatic carbocycles. The van der Waals surface area contributed by atoms with E-state index >= 15 is 0 Å². The third-order valence-electron chi connectivity index (χ3n) is 1.89. The first-order valence-corrected chi connectivity index (χ1v) is 6.62. The first-order chi connectivity index (χ1) is 7.09. The van der Waals surface area contributed by atoms with Crippen LogP contribution in [0.3, 0.4) is 0 Å². The van der Waals surface area contributed by atoms with Crippen LogP contribution >= 0.6 is 51.5 Å². The highest BCUT2D eigenvalue weighted by Gasteiger charge is 2.35. The molecule has 0 N–H and O–H groups in total. The lowest BCUT2D eigenvalue weighted by Gasteiger charge is -2.14. The van der Waals surface area contributed by atoms with Gasteiger partial charge in [-0.15, -0.1) is 0 Å². The van der Waals surface area contributed by atoms with E-state index in [1.165, 1.54) is 16.7 Å². The van der Waals surface area contributed by atoms with Crippen molar-refractivity contribution >= 4 is 67.4 Å². The molecule has 1 amide bonds. The van der Waals surface area contributed by atoms with Crippen LogP contribution in [0.15, 0.2) is 24.3 Å². The van der Waals surface area contributed by atoms with Gasteiger partial charge in [0.25, 0.3) is 5.91 Å². The van der Waals surface area contributed by atoms with E-state index in [2.05, 4.69) is 15.9 Å². The first-order valence-electron chi connectivity index (χ1n) is 4.04. The zero-order chi connectivity index (χ0) is 11.0. The Labute approximate surface area is 110 Å². The van der Waals surface area contributed by atoms with Crippen LogP contribution in [0, 0.1) is 0 Å². The van der Waals surface area contributed by atoms with Crippen LogP contribution in [0.2, 0.25) is 5.02 Å². The predicted octanol–water partition coefficient (Wildman–Crippen LogP) is 3.43. The van der Waals surface area contributed by atoms with Crippen molar-refractivity contribution in [3.63, 3.8) is 0 Å². The number of anilines is 1. The summed E-state index contributed by atoms with van der Waals surface area (Å²) in [5.74, 6) is -0.0488. The second-order valence-corrected chi connectivity index (χ2v) is 6.55. The summed E-state index contributed by atoms with van der Waals surface area (Å²) in [4.78, 5) is 13.2. The maximum atomic E-state index is 11.7. The van der Waals surface area contributed by atoms with Crippen LogP contribution in [0.4, 0.5) is 5.69 Å². The van der Waals surface area contributed by atoms with Gasteiger partial charge in [-0.2, -0.15) is 0 Å². The number of hydrogen-bond donors (Lipinski definition) is 0. The van der Waals surface area contributed by atoms with Gasteiger partial charge in [0.15, 0.2) is 0 Å². The lowest BCUT2D eigenvalue weighted by Crippen LogP contribution is -2.29. The second-order valence-electron chi connectivity index (χ2n) is 2.85. The predicted molar refractivity (Wildman–Crippen MR) is 71.8 cm³/mol. The summed E-state index contributed by atoms with van der Waals surface area (Å²) in [7, 11) is 0. The van der Waals surface area contributed by atoms with Crippen LogP contribution < -0.4 is 4.90 Å². The van der Waals surface area contributed by atoms with E-state index in [9.17, 15) is 4.79 Å². The van der Waals surface area contributed by atoms with Crippen molar-refractivity contribution in [2.24, 2.45) is 0 Å². The number of amides is 1. The molecule has 6 heteroatoms. The zero-order valence-corrected chi connectivity index (χ0v) is 11.3. The Kier molecular flexibility index (Phi) is 3.35. The van der Waals surface area contributed by atoms with Gasteiger partial charge in [-0.1, -0.05) is 51.5 Å². The molecule has 0 saturated carbocycles. The molecular weight excluding hydrogens is 318 g/mol. The molecule has 0 aliphatic carbocycles. The normalized spacial score (nSPS) is 21.2. The van der Waals surface area contributed by atoms with Gasteiger partial charge in [-0.25, -0.2) is 0 Å². The molecule has 1 aliphatic rings. The Morgan fingerprint density at radius 1 is 1.40 bits per heavy atom. The summed E-state index contributed by atoms with van der Waals surface area (Å²) in [5, 5.41) is 0.638. The summed E-state index contributed by atoms with van der Waals surface area (Å²) in [6.45, 7) is 0. The van der Waals surface area contributed by atoms with Gasteiger partial charge in [0.05, 0.1) is 5.69 Å². The quantitative estimate of drug-likeness (QED) is 0.583. The molecule has 1 heterocycles. The molecule has 0 unspecified atom stereocenters. The summed E-state index contributed by atoms with van der Waals surface area (Å²) in [5.41, 5.74) is 0.754. The van der Waals surface area contributed by atoms with E-state index < -0.39 is 0 Å². The first kappa shape index (κ1) is 11.4. The van der Waals surface area contributed by atoms with Crippen LogP contribution in [-0.2, 0) is 4.79 Å². The minimum absolute atomic E-state index is 0.0488. The SMILES string of the molecule is O=C1[C@H](Br)SC(=S)N1c1ccc(Cl)cc1. The number of nitrogens with zero attached hydrogens (tertiary/aromatic N) is 1. The average Bonchev–Trinajstić information content (AvgIpc) is 2.44. The van der Waals surface area contributed by atoms with E-state index in [0.29, 0.717) is 9.34 Å². The molecule has 2 nitrogen and oxygen atoms in total. The lowest BCUT2D eigenvalue weighted by atomic mass is 10.3. The Bertz CT molecular complexity index is 423. The molecule has 1 fully saturated rings. The van der Waals surface area contributed by atoms with Gasteiger partial charge in [0.1, 0.15) is 8.48 Å². The summed E-state index contributed by atoms with van der Waals surface area (Å²) < 4.78 is 0.282. The van der Waals surface area contributed by atoms with Crippen LogP contribution in [-0.4, -0.2) is 14.4 Å². The van der Waals surface area contributed by atoms with Crippen molar-refractivity contribution in [2.75, 3.05) is 4.90 Å². The molecule has 78 valence electrons. The van der Waals surface area contributed by atoms with E-state index in [4.69, 9.17) is 23.8 Å². The van der Waals surface area contributed by atoms with Crippen molar-refractivity contribution in [1.29, 1.82) is 0 Å². The molecule has 0 aromatic heterocycles. The fourth-order valence-electron chi connectivity index (χ4n) is 1.21. The van der Waals surface area contributed by atoms with Crippen LogP contribution in [0.1, 0.15) is 0 Å². The molecule has 0 radical (unpaired) electrons. The van der Waals surface area contributed by atoms with E-state index in [0.717, 1.165) is 5.69 Å². The Morgan fingerprint density at radius 2 is 2.00 bits per heavy atom. The fraction of sp³-hybridized carbons (Fsp3) is 0.111.